The number of carbonyl (C=O) groups excluding carboxylic acids is 1. The molecule has 2 rings (SSSR count). The van der Waals surface area contributed by atoms with Crippen LogP contribution in [0.25, 0.3) is 0 Å². The molecule has 0 saturated heterocycles. The maximum absolute atomic E-state index is 10.8. The van der Waals surface area contributed by atoms with Gasteiger partial charge in [0.25, 0.3) is 0 Å². The lowest BCUT2D eigenvalue weighted by molar-refractivity contribution is 0.112. The highest BCUT2D eigenvalue weighted by Gasteiger charge is 2.25. The molecule has 0 bridgehead atoms. The van der Waals surface area contributed by atoms with Crippen LogP contribution in [-0.2, 0) is 0 Å². The first-order valence-electron chi connectivity index (χ1n) is 6.69. The number of nitrogens with zero attached hydrogens (tertiary/aromatic N) is 1. The zero-order valence-electron chi connectivity index (χ0n) is 10.9. The number of anilines is 1. The Kier molecular flexibility index (Phi) is 4.37. The Hall–Kier alpha value is -1.35. The van der Waals surface area contributed by atoms with Gasteiger partial charge in [-0.05, 0) is 56.4 Å². The molecule has 18 heavy (non-hydrogen) atoms. The van der Waals surface area contributed by atoms with Crippen LogP contribution in [0, 0.1) is 6.92 Å². The average molecular weight is 247 g/mol. The van der Waals surface area contributed by atoms with Crippen LogP contribution in [0.2, 0.25) is 0 Å². The van der Waals surface area contributed by atoms with E-state index in [2.05, 4.69) is 4.90 Å². The fourth-order valence-electron chi connectivity index (χ4n) is 2.51. The van der Waals surface area contributed by atoms with Crippen molar-refractivity contribution in [2.75, 3.05) is 18.1 Å². The first kappa shape index (κ1) is 13.1. The van der Waals surface area contributed by atoms with Gasteiger partial charge in [0.15, 0.2) is 0 Å². The standard InChI is InChI=1S/C15H21NO2/c1-12-10-13(11-18)6-7-15(12)16(8-3-9-17)14-4-2-5-14/h6-7,10-11,14,17H,2-5,8-9H2,1H3. The van der Waals surface area contributed by atoms with Crippen molar-refractivity contribution in [3.05, 3.63) is 29.3 Å². The summed E-state index contributed by atoms with van der Waals surface area (Å²) >= 11 is 0. The van der Waals surface area contributed by atoms with Crippen molar-refractivity contribution < 1.29 is 9.90 Å². The van der Waals surface area contributed by atoms with E-state index in [-0.39, 0.29) is 6.61 Å². The summed E-state index contributed by atoms with van der Waals surface area (Å²) < 4.78 is 0. The van der Waals surface area contributed by atoms with E-state index in [1.54, 1.807) is 0 Å². The average Bonchev–Trinajstić information content (AvgIpc) is 2.32. The van der Waals surface area contributed by atoms with E-state index in [4.69, 9.17) is 5.11 Å². The summed E-state index contributed by atoms with van der Waals surface area (Å²) in [5.41, 5.74) is 3.08. The highest BCUT2D eigenvalue weighted by atomic mass is 16.3. The maximum atomic E-state index is 10.8. The number of aliphatic hydroxyl groups excluding tert-OH is 1. The summed E-state index contributed by atoms with van der Waals surface area (Å²) in [5, 5.41) is 9.01. The topological polar surface area (TPSA) is 40.5 Å². The van der Waals surface area contributed by atoms with Crippen molar-refractivity contribution in [2.24, 2.45) is 0 Å². The molecule has 98 valence electrons. The Morgan fingerprint density at radius 3 is 2.72 bits per heavy atom. The van der Waals surface area contributed by atoms with Crippen LogP contribution in [0.3, 0.4) is 0 Å². The van der Waals surface area contributed by atoms with Gasteiger partial charge in [-0.2, -0.15) is 0 Å². The van der Waals surface area contributed by atoms with Gasteiger partial charge in [0.2, 0.25) is 0 Å². The van der Waals surface area contributed by atoms with Crippen LogP contribution in [-0.4, -0.2) is 30.6 Å². The number of hydrogen-bond donors (Lipinski definition) is 1. The lowest BCUT2D eigenvalue weighted by atomic mass is 9.90. The number of rotatable bonds is 6. The van der Waals surface area contributed by atoms with E-state index < -0.39 is 0 Å². The maximum Gasteiger partial charge on any atom is 0.150 e. The first-order chi connectivity index (χ1) is 8.76. The van der Waals surface area contributed by atoms with E-state index in [1.165, 1.54) is 24.9 Å². The highest BCUT2D eigenvalue weighted by molar-refractivity contribution is 5.77. The minimum Gasteiger partial charge on any atom is -0.396 e. The number of hydrogen-bond acceptors (Lipinski definition) is 3. The van der Waals surface area contributed by atoms with Gasteiger partial charge >= 0.3 is 0 Å². The summed E-state index contributed by atoms with van der Waals surface area (Å²) in [4.78, 5) is 13.2. The quantitative estimate of drug-likeness (QED) is 0.785. The molecule has 3 nitrogen and oxygen atoms in total. The van der Waals surface area contributed by atoms with Crippen molar-refractivity contribution in [3.8, 4) is 0 Å². The van der Waals surface area contributed by atoms with Gasteiger partial charge in [-0.25, -0.2) is 0 Å². The van der Waals surface area contributed by atoms with Crippen LogP contribution in [0.1, 0.15) is 41.6 Å². The minimum absolute atomic E-state index is 0.231. The molecule has 1 saturated carbocycles. The van der Waals surface area contributed by atoms with Crippen LogP contribution in [0.5, 0.6) is 0 Å². The number of aliphatic hydroxyl groups is 1. The number of aryl methyl sites for hydroxylation is 1. The van der Waals surface area contributed by atoms with Gasteiger partial charge in [-0.15, -0.1) is 0 Å². The van der Waals surface area contributed by atoms with Crippen molar-refractivity contribution >= 4 is 12.0 Å². The van der Waals surface area contributed by atoms with E-state index in [0.29, 0.717) is 6.04 Å². The molecular formula is C15H21NO2. The number of benzene rings is 1. The normalized spacial score (nSPS) is 15.2. The van der Waals surface area contributed by atoms with Crippen LogP contribution < -0.4 is 4.90 Å². The van der Waals surface area contributed by atoms with Gasteiger partial charge in [-0.3, -0.25) is 4.79 Å². The Morgan fingerprint density at radius 2 is 2.22 bits per heavy atom. The fraction of sp³-hybridized carbons (Fsp3) is 0.533. The third-order valence-corrected chi connectivity index (χ3v) is 3.74. The molecule has 1 aliphatic carbocycles. The van der Waals surface area contributed by atoms with Gasteiger partial charge in [0, 0.05) is 30.4 Å². The van der Waals surface area contributed by atoms with Crippen LogP contribution >= 0.6 is 0 Å². The summed E-state index contributed by atoms with van der Waals surface area (Å²) in [6.45, 7) is 3.17. The molecule has 1 aromatic carbocycles. The summed E-state index contributed by atoms with van der Waals surface area (Å²) in [6, 6.07) is 6.46. The molecule has 3 heteroatoms. The molecule has 0 spiro atoms. The van der Waals surface area contributed by atoms with Gasteiger partial charge in [0.05, 0.1) is 0 Å². The fourth-order valence-corrected chi connectivity index (χ4v) is 2.51. The highest BCUT2D eigenvalue weighted by Crippen LogP contribution is 2.31. The second-order valence-corrected chi connectivity index (χ2v) is 5.02. The molecule has 1 fully saturated rings. The molecule has 0 aromatic heterocycles. The SMILES string of the molecule is Cc1cc(C=O)ccc1N(CCCO)C1CCC1. The van der Waals surface area contributed by atoms with Gasteiger partial charge < -0.3 is 10.0 Å². The third-order valence-electron chi connectivity index (χ3n) is 3.74. The first-order valence-corrected chi connectivity index (χ1v) is 6.69. The smallest absolute Gasteiger partial charge is 0.150 e. The molecular weight excluding hydrogens is 226 g/mol. The van der Waals surface area contributed by atoms with Gasteiger partial charge in [0.1, 0.15) is 6.29 Å². The monoisotopic (exact) mass is 247 g/mol. The molecule has 0 radical (unpaired) electrons. The predicted octanol–water partition coefficient (Wildman–Crippen LogP) is 2.55. The minimum atomic E-state index is 0.231. The van der Waals surface area contributed by atoms with Crippen molar-refractivity contribution in [1.82, 2.24) is 0 Å². The van der Waals surface area contributed by atoms with E-state index in [1.807, 2.05) is 25.1 Å². The molecule has 1 aliphatic rings. The molecule has 1 aromatic rings. The lowest BCUT2D eigenvalue weighted by Crippen LogP contribution is -2.41. The summed E-state index contributed by atoms with van der Waals surface area (Å²) in [7, 11) is 0. The van der Waals surface area contributed by atoms with Crippen molar-refractivity contribution in [1.29, 1.82) is 0 Å². The Morgan fingerprint density at radius 1 is 1.44 bits per heavy atom. The largest absolute Gasteiger partial charge is 0.396 e. The molecule has 1 N–H and O–H groups in total. The zero-order chi connectivity index (χ0) is 13.0. The third kappa shape index (κ3) is 2.72. The Bertz CT molecular complexity index is 413. The van der Waals surface area contributed by atoms with Crippen LogP contribution in [0.15, 0.2) is 18.2 Å². The van der Waals surface area contributed by atoms with Crippen LogP contribution in [0.4, 0.5) is 5.69 Å². The van der Waals surface area contributed by atoms with E-state index in [9.17, 15) is 4.79 Å². The predicted molar refractivity (Wildman–Crippen MR) is 73.3 cm³/mol. The van der Waals surface area contributed by atoms with E-state index in [0.717, 1.165) is 30.4 Å². The molecule has 0 heterocycles. The summed E-state index contributed by atoms with van der Waals surface area (Å²) in [5.74, 6) is 0. The van der Waals surface area contributed by atoms with E-state index >= 15 is 0 Å². The second-order valence-electron chi connectivity index (χ2n) is 5.02. The lowest BCUT2D eigenvalue weighted by Gasteiger charge is -2.40. The molecule has 0 aliphatic heterocycles. The number of carbonyl (C=O) groups is 1. The zero-order valence-corrected chi connectivity index (χ0v) is 10.9. The molecule has 0 amide bonds. The van der Waals surface area contributed by atoms with Crippen molar-refractivity contribution in [3.63, 3.8) is 0 Å². The Balaban J connectivity index is 2.20. The molecule has 0 atom stereocenters. The number of aldehydes is 1. The van der Waals surface area contributed by atoms with Gasteiger partial charge in [-0.1, -0.05) is 0 Å². The summed E-state index contributed by atoms with van der Waals surface area (Å²) in [6.07, 6.45) is 5.45. The second kappa shape index (κ2) is 6.01. The Labute approximate surface area is 108 Å². The molecule has 0 unspecified atom stereocenters. The van der Waals surface area contributed by atoms with Crippen molar-refractivity contribution in [2.45, 2.75) is 38.6 Å².